The second-order valence-corrected chi connectivity index (χ2v) is 5.05. The molecule has 4 nitrogen and oxygen atoms in total. The number of hydrogen-bond acceptors (Lipinski definition) is 3. The van der Waals surface area contributed by atoms with Gasteiger partial charge in [0.25, 0.3) is 0 Å². The third-order valence-corrected chi connectivity index (χ3v) is 3.44. The Labute approximate surface area is 124 Å². The Hall–Kier alpha value is -2.20. The van der Waals surface area contributed by atoms with Crippen molar-refractivity contribution in [1.82, 2.24) is 15.0 Å². The second kappa shape index (κ2) is 6.99. The summed E-state index contributed by atoms with van der Waals surface area (Å²) in [5.74, 6) is 0. The number of unbranched alkanes of at least 4 members (excludes halogenated alkanes) is 1. The van der Waals surface area contributed by atoms with Gasteiger partial charge in [0.15, 0.2) is 0 Å². The molecular weight excluding hydrogens is 262 g/mol. The maximum atomic E-state index is 5.68. The zero-order chi connectivity index (χ0) is 14.3. The zero-order valence-corrected chi connectivity index (χ0v) is 12.0. The molecule has 0 aliphatic carbocycles. The molecule has 0 aliphatic heterocycles. The van der Waals surface area contributed by atoms with E-state index in [-0.39, 0.29) is 0 Å². The Bertz CT molecular complexity index is 679. The molecule has 1 heterocycles. The predicted octanol–water partition coefficient (Wildman–Crippen LogP) is 3.43. The summed E-state index contributed by atoms with van der Waals surface area (Å²) in [7, 11) is 0. The van der Waals surface area contributed by atoms with E-state index in [2.05, 4.69) is 28.5 Å². The van der Waals surface area contributed by atoms with Gasteiger partial charge in [0.2, 0.25) is 0 Å². The van der Waals surface area contributed by atoms with Crippen molar-refractivity contribution in [2.24, 2.45) is 0 Å². The Morgan fingerprint density at radius 1 is 0.905 bits per heavy atom. The molecule has 21 heavy (non-hydrogen) atoms. The average Bonchev–Trinajstić information content (AvgIpc) is 2.95. The van der Waals surface area contributed by atoms with Crippen LogP contribution in [0, 0.1) is 0 Å². The maximum Gasteiger partial charge on any atom is 0.113 e. The monoisotopic (exact) mass is 281 g/mol. The molecule has 0 bridgehead atoms. The Balaban J connectivity index is 1.39. The van der Waals surface area contributed by atoms with Gasteiger partial charge in [-0.05, 0) is 30.5 Å². The van der Waals surface area contributed by atoms with Gasteiger partial charge in [-0.15, -0.1) is 5.10 Å². The van der Waals surface area contributed by atoms with Gasteiger partial charge in [0.05, 0.1) is 12.1 Å². The molecule has 0 saturated carbocycles. The number of aryl methyl sites for hydroxylation is 1. The highest BCUT2D eigenvalue weighted by molar-refractivity contribution is 5.73. The van der Waals surface area contributed by atoms with Crippen LogP contribution in [0.2, 0.25) is 0 Å². The van der Waals surface area contributed by atoms with Gasteiger partial charge in [0.1, 0.15) is 5.52 Å². The number of para-hydroxylation sites is 1. The van der Waals surface area contributed by atoms with Crippen LogP contribution in [0.15, 0.2) is 54.6 Å². The summed E-state index contributed by atoms with van der Waals surface area (Å²) in [5.41, 5.74) is 3.28. The molecule has 4 heteroatoms. The molecule has 0 atom stereocenters. The van der Waals surface area contributed by atoms with Gasteiger partial charge in [-0.1, -0.05) is 47.7 Å². The number of aromatic nitrogens is 3. The lowest BCUT2D eigenvalue weighted by Crippen LogP contribution is -2.02. The maximum absolute atomic E-state index is 5.68. The average molecular weight is 281 g/mol. The van der Waals surface area contributed by atoms with Gasteiger partial charge < -0.3 is 4.74 Å². The lowest BCUT2D eigenvalue weighted by atomic mass is 10.2. The smallest absolute Gasteiger partial charge is 0.113 e. The fraction of sp³-hybridized carbons (Fsp3) is 0.294. The fourth-order valence-electron chi connectivity index (χ4n) is 2.31. The third kappa shape index (κ3) is 3.67. The van der Waals surface area contributed by atoms with E-state index in [0.717, 1.165) is 37.0 Å². The number of fused-ring (bicyclic) bond motifs is 1. The molecule has 0 spiro atoms. The molecule has 0 N–H and O–H groups in total. The molecular formula is C17H19N3O. The summed E-state index contributed by atoms with van der Waals surface area (Å²) in [6.45, 7) is 2.35. The van der Waals surface area contributed by atoms with E-state index in [1.165, 1.54) is 5.56 Å². The predicted molar refractivity (Wildman–Crippen MR) is 82.9 cm³/mol. The van der Waals surface area contributed by atoms with Crippen molar-refractivity contribution in [1.29, 1.82) is 0 Å². The number of hydrogen-bond donors (Lipinski definition) is 0. The van der Waals surface area contributed by atoms with Crippen molar-refractivity contribution in [3.63, 3.8) is 0 Å². The van der Waals surface area contributed by atoms with Crippen LogP contribution in [0.1, 0.15) is 18.4 Å². The number of rotatable bonds is 7. The zero-order valence-electron chi connectivity index (χ0n) is 12.0. The van der Waals surface area contributed by atoms with Crippen molar-refractivity contribution in [2.45, 2.75) is 26.0 Å². The van der Waals surface area contributed by atoms with Crippen molar-refractivity contribution in [3.05, 3.63) is 60.2 Å². The van der Waals surface area contributed by atoms with Gasteiger partial charge in [0, 0.05) is 13.2 Å². The highest BCUT2D eigenvalue weighted by Gasteiger charge is 2.02. The first-order valence-electron chi connectivity index (χ1n) is 7.33. The Kier molecular flexibility index (Phi) is 4.59. The summed E-state index contributed by atoms with van der Waals surface area (Å²) < 4.78 is 7.65. The molecule has 3 rings (SSSR count). The van der Waals surface area contributed by atoms with Gasteiger partial charge in [-0.2, -0.15) is 0 Å². The van der Waals surface area contributed by atoms with Crippen molar-refractivity contribution in [2.75, 3.05) is 6.61 Å². The van der Waals surface area contributed by atoms with Crippen LogP contribution in [0.3, 0.4) is 0 Å². The molecule has 0 aliphatic rings. The summed E-state index contributed by atoms with van der Waals surface area (Å²) in [4.78, 5) is 0. The Morgan fingerprint density at radius 3 is 2.62 bits per heavy atom. The molecule has 2 aromatic carbocycles. The lowest BCUT2D eigenvalue weighted by Gasteiger charge is -2.05. The standard InChI is InChI=1S/C17H19N3O/c1-2-8-15(9-3-1)14-21-13-7-6-12-20-17-11-5-4-10-16(17)18-19-20/h1-5,8-11H,6-7,12-14H2. The van der Waals surface area contributed by atoms with E-state index in [4.69, 9.17) is 4.74 Å². The van der Waals surface area contributed by atoms with Crippen LogP contribution >= 0.6 is 0 Å². The van der Waals surface area contributed by atoms with Crippen molar-refractivity contribution in [3.8, 4) is 0 Å². The summed E-state index contributed by atoms with van der Waals surface area (Å²) in [6, 6.07) is 18.3. The number of nitrogens with zero attached hydrogens (tertiary/aromatic N) is 3. The van der Waals surface area contributed by atoms with Gasteiger partial charge >= 0.3 is 0 Å². The summed E-state index contributed by atoms with van der Waals surface area (Å²) >= 11 is 0. The first kappa shape index (κ1) is 13.8. The minimum Gasteiger partial charge on any atom is -0.377 e. The van der Waals surface area contributed by atoms with E-state index < -0.39 is 0 Å². The first-order chi connectivity index (χ1) is 10.4. The number of benzene rings is 2. The van der Waals surface area contributed by atoms with Crippen LogP contribution in [-0.4, -0.2) is 21.6 Å². The van der Waals surface area contributed by atoms with Crippen LogP contribution in [0.4, 0.5) is 0 Å². The summed E-state index contributed by atoms with van der Waals surface area (Å²) in [6.07, 6.45) is 2.07. The van der Waals surface area contributed by atoms with Crippen LogP contribution in [0.5, 0.6) is 0 Å². The normalized spacial score (nSPS) is 11.0. The molecule has 3 aromatic rings. The molecule has 0 saturated heterocycles. The molecule has 1 aromatic heterocycles. The molecule has 0 radical (unpaired) electrons. The molecule has 0 amide bonds. The van der Waals surface area contributed by atoms with Crippen molar-refractivity contribution >= 4 is 11.0 Å². The van der Waals surface area contributed by atoms with Crippen LogP contribution in [0.25, 0.3) is 11.0 Å². The molecule has 0 unspecified atom stereocenters. The van der Waals surface area contributed by atoms with E-state index in [9.17, 15) is 0 Å². The van der Waals surface area contributed by atoms with E-state index in [0.29, 0.717) is 6.61 Å². The topological polar surface area (TPSA) is 39.9 Å². The second-order valence-electron chi connectivity index (χ2n) is 5.05. The highest BCUT2D eigenvalue weighted by atomic mass is 16.5. The van der Waals surface area contributed by atoms with Gasteiger partial charge in [-0.25, -0.2) is 4.68 Å². The number of ether oxygens (including phenoxy) is 1. The first-order valence-corrected chi connectivity index (χ1v) is 7.33. The SMILES string of the molecule is c1ccc(COCCCCn2nnc3ccccc32)cc1. The van der Waals surface area contributed by atoms with Crippen molar-refractivity contribution < 1.29 is 4.74 Å². The largest absolute Gasteiger partial charge is 0.377 e. The molecule has 108 valence electrons. The van der Waals surface area contributed by atoms with E-state index in [1.807, 2.05) is 41.1 Å². The fourth-order valence-corrected chi connectivity index (χ4v) is 2.31. The molecule has 0 fully saturated rings. The minimum absolute atomic E-state index is 0.688. The minimum atomic E-state index is 0.688. The lowest BCUT2D eigenvalue weighted by molar-refractivity contribution is 0.116. The van der Waals surface area contributed by atoms with E-state index >= 15 is 0 Å². The van der Waals surface area contributed by atoms with Crippen LogP contribution in [-0.2, 0) is 17.9 Å². The highest BCUT2D eigenvalue weighted by Crippen LogP contribution is 2.10. The third-order valence-electron chi connectivity index (χ3n) is 3.44. The summed E-state index contributed by atoms with van der Waals surface area (Å²) in [5, 5.41) is 8.34. The van der Waals surface area contributed by atoms with E-state index in [1.54, 1.807) is 0 Å². The van der Waals surface area contributed by atoms with Crippen LogP contribution < -0.4 is 0 Å². The quantitative estimate of drug-likeness (QED) is 0.623. The van der Waals surface area contributed by atoms with Gasteiger partial charge in [-0.3, -0.25) is 0 Å². The Morgan fingerprint density at radius 2 is 1.71 bits per heavy atom.